The number of aryl methyl sites for hydroxylation is 1. The van der Waals surface area contributed by atoms with E-state index in [4.69, 9.17) is 16.3 Å². The van der Waals surface area contributed by atoms with Gasteiger partial charge in [0.05, 0.1) is 6.61 Å². The van der Waals surface area contributed by atoms with Gasteiger partial charge >= 0.3 is 0 Å². The van der Waals surface area contributed by atoms with E-state index in [2.05, 4.69) is 0 Å². The molecular weight excluding hydrogens is 236 g/mol. The second-order valence-corrected chi connectivity index (χ2v) is 4.21. The van der Waals surface area contributed by atoms with Crippen LogP contribution in [0.25, 0.3) is 0 Å². The Morgan fingerprint density at radius 3 is 2.59 bits per heavy atom. The molecule has 88 valence electrons. The normalized spacial score (nSPS) is 10.3. The smallest absolute Gasteiger partial charge is 0.132 e. The minimum absolute atomic E-state index is 0.0389. The Hall–Kier alpha value is -1.51. The van der Waals surface area contributed by atoms with Gasteiger partial charge in [-0.15, -0.1) is 0 Å². The minimum atomic E-state index is -0.0389. The molecule has 0 fully saturated rings. The Morgan fingerprint density at radius 2 is 1.88 bits per heavy atom. The first kappa shape index (κ1) is 12.0. The Bertz CT molecular complexity index is 523. The van der Waals surface area contributed by atoms with E-state index < -0.39 is 0 Å². The molecule has 0 bridgehead atoms. The second-order valence-electron chi connectivity index (χ2n) is 3.78. The largest absolute Gasteiger partial charge is 0.457 e. The molecule has 2 nitrogen and oxygen atoms in total. The van der Waals surface area contributed by atoms with Crippen LogP contribution in [0.4, 0.5) is 0 Å². The topological polar surface area (TPSA) is 29.5 Å². The first-order chi connectivity index (χ1) is 8.20. The molecule has 0 saturated carbocycles. The molecule has 1 N–H and O–H groups in total. The summed E-state index contributed by atoms with van der Waals surface area (Å²) in [5, 5.41) is 9.89. The molecule has 0 amide bonds. The first-order valence-electron chi connectivity index (χ1n) is 5.33. The number of hydrogen-bond acceptors (Lipinski definition) is 2. The molecule has 0 spiro atoms. The van der Waals surface area contributed by atoms with Crippen LogP contribution in [-0.4, -0.2) is 5.11 Å². The number of ether oxygens (including phenoxy) is 1. The van der Waals surface area contributed by atoms with Crippen molar-refractivity contribution < 1.29 is 9.84 Å². The molecule has 0 aliphatic rings. The third-order valence-electron chi connectivity index (χ3n) is 2.50. The quantitative estimate of drug-likeness (QED) is 0.892. The lowest BCUT2D eigenvalue weighted by Gasteiger charge is -2.11. The minimum Gasteiger partial charge on any atom is -0.457 e. The molecule has 0 aliphatic carbocycles. The fourth-order valence-corrected chi connectivity index (χ4v) is 1.81. The van der Waals surface area contributed by atoms with Crippen molar-refractivity contribution in [2.75, 3.05) is 0 Å². The number of halogens is 1. The predicted octanol–water partition coefficient (Wildman–Crippen LogP) is 3.93. The van der Waals surface area contributed by atoms with E-state index in [1.807, 2.05) is 43.3 Å². The summed E-state index contributed by atoms with van der Waals surface area (Å²) in [5.74, 6) is 1.41. The third-order valence-corrected chi connectivity index (χ3v) is 2.73. The highest BCUT2D eigenvalue weighted by Gasteiger charge is 2.05. The SMILES string of the molecule is Cc1cc(Cl)ccc1Oc1ccccc1CO. The van der Waals surface area contributed by atoms with E-state index in [-0.39, 0.29) is 6.61 Å². The van der Waals surface area contributed by atoms with Gasteiger partial charge in [0.25, 0.3) is 0 Å². The van der Waals surface area contributed by atoms with Gasteiger partial charge in [-0.1, -0.05) is 29.8 Å². The fourth-order valence-electron chi connectivity index (χ4n) is 1.58. The molecule has 3 heteroatoms. The molecule has 2 aromatic carbocycles. The van der Waals surface area contributed by atoms with E-state index in [1.54, 1.807) is 6.07 Å². The van der Waals surface area contributed by atoms with Gasteiger partial charge in [-0.3, -0.25) is 0 Å². The standard InChI is InChI=1S/C14H13ClO2/c1-10-8-12(15)6-7-13(10)17-14-5-3-2-4-11(14)9-16/h2-8,16H,9H2,1H3. The van der Waals surface area contributed by atoms with E-state index in [0.29, 0.717) is 10.8 Å². The lowest BCUT2D eigenvalue weighted by Crippen LogP contribution is -1.92. The maximum Gasteiger partial charge on any atom is 0.132 e. The summed E-state index contributed by atoms with van der Waals surface area (Å²) in [6.45, 7) is 1.89. The lowest BCUT2D eigenvalue weighted by molar-refractivity contribution is 0.276. The number of rotatable bonds is 3. The Labute approximate surface area is 105 Å². The molecule has 0 heterocycles. The number of aliphatic hydroxyl groups excluding tert-OH is 1. The first-order valence-corrected chi connectivity index (χ1v) is 5.71. The summed E-state index contributed by atoms with van der Waals surface area (Å²) >= 11 is 5.88. The molecule has 0 unspecified atom stereocenters. The van der Waals surface area contributed by atoms with Gasteiger partial charge in [-0.05, 0) is 36.8 Å². The highest BCUT2D eigenvalue weighted by molar-refractivity contribution is 6.30. The molecule has 0 saturated heterocycles. The van der Waals surface area contributed by atoms with Crippen LogP contribution < -0.4 is 4.74 Å². The molecule has 0 aliphatic heterocycles. The molecule has 0 aromatic heterocycles. The lowest BCUT2D eigenvalue weighted by atomic mass is 10.2. The van der Waals surface area contributed by atoms with Crippen molar-refractivity contribution in [1.82, 2.24) is 0 Å². The molecule has 0 atom stereocenters. The fraction of sp³-hybridized carbons (Fsp3) is 0.143. The van der Waals surface area contributed by atoms with Crippen LogP contribution in [0.2, 0.25) is 5.02 Å². The molecular formula is C14H13ClO2. The van der Waals surface area contributed by atoms with Gasteiger partial charge in [0.2, 0.25) is 0 Å². The van der Waals surface area contributed by atoms with Crippen LogP contribution >= 0.6 is 11.6 Å². The van der Waals surface area contributed by atoms with Gasteiger partial charge < -0.3 is 9.84 Å². The summed E-state index contributed by atoms with van der Waals surface area (Å²) in [7, 11) is 0. The summed E-state index contributed by atoms with van der Waals surface area (Å²) in [5.41, 5.74) is 1.73. The third kappa shape index (κ3) is 2.78. The monoisotopic (exact) mass is 248 g/mol. The van der Waals surface area contributed by atoms with E-state index in [1.165, 1.54) is 0 Å². The maximum absolute atomic E-state index is 9.21. The molecule has 2 rings (SSSR count). The number of aliphatic hydroxyl groups is 1. The molecule has 2 aromatic rings. The van der Waals surface area contributed by atoms with Gasteiger partial charge in [0.15, 0.2) is 0 Å². The van der Waals surface area contributed by atoms with Crippen LogP contribution in [0.5, 0.6) is 11.5 Å². The van der Waals surface area contributed by atoms with Crippen LogP contribution in [0.3, 0.4) is 0 Å². The Morgan fingerprint density at radius 1 is 1.12 bits per heavy atom. The zero-order valence-electron chi connectivity index (χ0n) is 9.48. The summed E-state index contributed by atoms with van der Waals surface area (Å²) < 4.78 is 5.77. The van der Waals surface area contributed by atoms with E-state index in [9.17, 15) is 5.11 Å². The van der Waals surface area contributed by atoms with Crippen LogP contribution in [0.1, 0.15) is 11.1 Å². The van der Waals surface area contributed by atoms with Crippen molar-refractivity contribution >= 4 is 11.6 Å². The number of benzene rings is 2. The van der Waals surface area contributed by atoms with E-state index >= 15 is 0 Å². The summed E-state index contributed by atoms with van der Waals surface area (Å²) in [6, 6.07) is 12.9. The maximum atomic E-state index is 9.21. The van der Waals surface area contributed by atoms with Crippen molar-refractivity contribution in [3.8, 4) is 11.5 Å². The average Bonchev–Trinajstić information content (AvgIpc) is 2.33. The van der Waals surface area contributed by atoms with Gasteiger partial charge in [0.1, 0.15) is 11.5 Å². The molecule has 0 radical (unpaired) electrons. The second kappa shape index (κ2) is 5.21. The molecule has 17 heavy (non-hydrogen) atoms. The van der Waals surface area contributed by atoms with Gasteiger partial charge in [-0.25, -0.2) is 0 Å². The zero-order valence-corrected chi connectivity index (χ0v) is 10.2. The highest BCUT2D eigenvalue weighted by Crippen LogP contribution is 2.29. The Kier molecular flexibility index (Phi) is 3.67. The van der Waals surface area contributed by atoms with Crippen molar-refractivity contribution in [3.05, 3.63) is 58.6 Å². The van der Waals surface area contributed by atoms with Crippen LogP contribution in [0.15, 0.2) is 42.5 Å². The average molecular weight is 249 g/mol. The number of hydrogen-bond donors (Lipinski definition) is 1. The summed E-state index contributed by atoms with van der Waals surface area (Å²) in [6.07, 6.45) is 0. The van der Waals surface area contributed by atoms with Crippen molar-refractivity contribution in [2.45, 2.75) is 13.5 Å². The van der Waals surface area contributed by atoms with E-state index in [0.717, 1.165) is 16.9 Å². The predicted molar refractivity (Wildman–Crippen MR) is 68.6 cm³/mol. The zero-order chi connectivity index (χ0) is 12.3. The number of para-hydroxylation sites is 1. The van der Waals surface area contributed by atoms with Gasteiger partial charge in [-0.2, -0.15) is 0 Å². The van der Waals surface area contributed by atoms with Crippen molar-refractivity contribution in [1.29, 1.82) is 0 Å². The van der Waals surface area contributed by atoms with Crippen molar-refractivity contribution in [3.63, 3.8) is 0 Å². The van der Waals surface area contributed by atoms with Crippen LogP contribution in [0, 0.1) is 6.92 Å². The van der Waals surface area contributed by atoms with Crippen LogP contribution in [-0.2, 0) is 6.61 Å². The summed E-state index contributed by atoms with van der Waals surface area (Å²) in [4.78, 5) is 0. The van der Waals surface area contributed by atoms with Crippen molar-refractivity contribution in [2.24, 2.45) is 0 Å². The highest BCUT2D eigenvalue weighted by atomic mass is 35.5. The Balaban J connectivity index is 2.31. The van der Waals surface area contributed by atoms with Gasteiger partial charge in [0, 0.05) is 10.6 Å².